The van der Waals surface area contributed by atoms with E-state index in [9.17, 15) is 8.78 Å². The van der Waals surface area contributed by atoms with Gasteiger partial charge >= 0.3 is 0 Å². The number of guanidine groups is 1. The number of nitrogens with zero attached hydrogens (tertiary/aromatic N) is 3. The topological polar surface area (TPSA) is 52.6 Å². The number of pyridine rings is 1. The van der Waals surface area contributed by atoms with Gasteiger partial charge in [-0.1, -0.05) is 6.07 Å². The zero-order chi connectivity index (χ0) is 20.6. The molecule has 0 bridgehead atoms. The van der Waals surface area contributed by atoms with Gasteiger partial charge in [-0.25, -0.2) is 8.78 Å². The molecule has 1 atom stereocenters. The van der Waals surface area contributed by atoms with E-state index in [1.807, 2.05) is 18.5 Å². The van der Waals surface area contributed by atoms with Crippen LogP contribution in [0.2, 0.25) is 0 Å². The van der Waals surface area contributed by atoms with Gasteiger partial charge < -0.3 is 10.6 Å². The summed E-state index contributed by atoms with van der Waals surface area (Å²) in [5.74, 6) is -0.214. The van der Waals surface area contributed by atoms with Crippen LogP contribution >= 0.6 is 0 Å². The Hall–Kier alpha value is -2.54. The van der Waals surface area contributed by atoms with Crippen LogP contribution in [-0.4, -0.2) is 48.6 Å². The van der Waals surface area contributed by atoms with E-state index in [-0.39, 0.29) is 18.2 Å². The standard InChI is InChI=1S/C22H29F2N5/c1-16-13-26-10-8-17(16)9-11-27-22(25-2)28-18-5-4-12-29(14-18)15-19-20(23)6-3-7-21(19)24/h3,6-8,10,13,18H,4-5,9,11-12,14-15H2,1-2H3,(H2,25,27,28). The summed E-state index contributed by atoms with van der Waals surface area (Å²) in [4.78, 5) is 10.5. The Kier molecular flexibility index (Phi) is 7.52. The normalized spacial score (nSPS) is 17.9. The van der Waals surface area contributed by atoms with Crippen molar-refractivity contribution in [1.29, 1.82) is 0 Å². The lowest BCUT2D eigenvalue weighted by Gasteiger charge is -2.34. The minimum atomic E-state index is -0.482. The van der Waals surface area contributed by atoms with Crippen LogP contribution in [0, 0.1) is 18.6 Å². The fourth-order valence-electron chi connectivity index (χ4n) is 3.71. The molecule has 7 heteroatoms. The van der Waals surface area contributed by atoms with Gasteiger partial charge in [-0.15, -0.1) is 0 Å². The highest BCUT2D eigenvalue weighted by atomic mass is 19.1. The minimum absolute atomic E-state index is 0.142. The average molecular weight is 402 g/mol. The van der Waals surface area contributed by atoms with Crippen LogP contribution < -0.4 is 10.6 Å². The summed E-state index contributed by atoms with van der Waals surface area (Å²) < 4.78 is 27.9. The predicted molar refractivity (Wildman–Crippen MR) is 112 cm³/mol. The van der Waals surface area contributed by atoms with Crippen molar-refractivity contribution >= 4 is 5.96 Å². The molecular formula is C22H29F2N5. The first-order chi connectivity index (χ1) is 14.1. The van der Waals surface area contributed by atoms with Crippen molar-refractivity contribution in [3.05, 3.63) is 65.0 Å². The SMILES string of the molecule is CN=C(NCCc1ccncc1C)NC1CCCN(Cc2c(F)cccc2F)C1. The molecule has 1 aromatic carbocycles. The van der Waals surface area contributed by atoms with Crippen molar-refractivity contribution in [2.24, 2.45) is 4.99 Å². The number of aromatic nitrogens is 1. The highest BCUT2D eigenvalue weighted by Gasteiger charge is 2.22. The van der Waals surface area contributed by atoms with Crippen LogP contribution in [0.4, 0.5) is 8.78 Å². The monoisotopic (exact) mass is 401 g/mol. The summed E-state index contributed by atoms with van der Waals surface area (Å²) in [7, 11) is 1.75. The smallest absolute Gasteiger partial charge is 0.191 e. The molecular weight excluding hydrogens is 372 g/mol. The highest BCUT2D eigenvalue weighted by Crippen LogP contribution is 2.18. The molecule has 3 rings (SSSR count). The molecule has 2 heterocycles. The highest BCUT2D eigenvalue weighted by molar-refractivity contribution is 5.80. The Morgan fingerprint density at radius 1 is 1.28 bits per heavy atom. The quantitative estimate of drug-likeness (QED) is 0.577. The van der Waals surface area contributed by atoms with Crippen LogP contribution in [0.15, 0.2) is 41.7 Å². The summed E-state index contributed by atoms with van der Waals surface area (Å²) in [5, 5.41) is 6.80. The second-order valence-corrected chi connectivity index (χ2v) is 7.47. The number of nitrogens with one attached hydrogen (secondary N) is 2. The minimum Gasteiger partial charge on any atom is -0.356 e. The van der Waals surface area contributed by atoms with E-state index in [0.717, 1.165) is 44.9 Å². The lowest BCUT2D eigenvalue weighted by molar-refractivity contribution is 0.188. The lowest BCUT2D eigenvalue weighted by atomic mass is 10.0. The maximum absolute atomic E-state index is 14.0. The van der Waals surface area contributed by atoms with Gasteiger partial charge in [-0.05, 0) is 62.1 Å². The Balaban J connectivity index is 1.50. The zero-order valence-electron chi connectivity index (χ0n) is 17.1. The zero-order valence-corrected chi connectivity index (χ0v) is 17.1. The molecule has 1 saturated heterocycles. The first kappa shape index (κ1) is 21.2. The Morgan fingerprint density at radius 3 is 2.79 bits per heavy atom. The molecule has 29 heavy (non-hydrogen) atoms. The van der Waals surface area contributed by atoms with Gasteiger partial charge in [0, 0.05) is 50.7 Å². The first-order valence-electron chi connectivity index (χ1n) is 10.1. The van der Waals surface area contributed by atoms with E-state index in [1.165, 1.54) is 29.3 Å². The second kappa shape index (κ2) is 10.3. The van der Waals surface area contributed by atoms with Crippen LogP contribution in [0.3, 0.4) is 0 Å². The van der Waals surface area contributed by atoms with Gasteiger partial charge in [0.25, 0.3) is 0 Å². The van der Waals surface area contributed by atoms with Crippen LogP contribution in [0.25, 0.3) is 0 Å². The van der Waals surface area contributed by atoms with Crippen molar-refractivity contribution < 1.29 is 8.78 Å². The van der Waals surface area contributed by atoms with Crippen LogP contribution in [-0.2, 0) is 13.0 Å². The fraction of sp³-hybridized carbons (Fsp3) is 0.455. The van der Waals surface area contributed by atoms with E-state index >= 15 is 0 Å². The van der Waals surface area contributed by atoms with Gasteiger partial charge in [0.2, 0.25) is 0 Å². The summed E-state index contributed by atoms with van der Waals surface area (Å²) in [6.07, 6.45) is 6.54. The molecule has 1 fully saturated rings. The average Bonchev–Trinajstić information content (AvgIpc) is 2.72. The van der Waals surface area contributed by atoms with E-state index in [2.05, 4.69) is 32.4 Å². The van der Waals surface area contributed by atoms with Gasteiger partial charge in [-0.3, -0.25) is 14.9 Å². The molecule has 0 aliphatic carbocycles. The van der Waals surface area contributed by atoms with Crippen molar-refractivity contribution in [3.63, 3.8) is 0 Å². The number of halogens is 2. The van der Waals surface area contributed by atoms with Gasteiger partial charge in [-0.2, -0.15) is 0 Å². The molecule has 0 amide bonds. The number of hydrogen-bond acceptors (Lipinski definition) is 3. The van der Waals surface area contributed by atoms with Crippen molar-refractivity contribution in [2.45, 2.75) is 38.8 Å². The number of likely N-dealkylation sites (tertiary alicyclic amines) is 1. The summed E-state index contributed by atoms with van der Waals surface area (Å²) >= 11 is 0. The number of benzene rings is 1. The second-order valence-electron chi connectivity index (χ2n) is 7.47. The molecule has 0 spiro atoms. The molecule has 1 aromatic heterocycles. The van der Waals surface area contributed by atoms with Crippen molar-refractivity contribution in [1.82, 2.24) is 20.5 Å². The third kappa shape index (κ3) is 5.97. The van der Waals surface area contributed by atoms with Crippen molar-refractivity contribution in [3.8, 4) is 0 Å². The number of piperidine rings is 1. The van der Waals surface area contributed by atoms with Crippen LogP contribution in [0.1, 0.15) is 29.5 Å². The third-order valence-electron chi connectivity index (χ3n) is 5.34. The van der Waals surface area contributed by atoms with Crippen molar-refractivity contribution in [2.75, 3.05) is 26.7 Å². The molecule has 0 radical (unpaired) electrons. The molecule has 2 aromatic rings. The maximum atomic E-state index is 14.0. The number of aryl methyl sites for hydroxylation is 1. The molecule has 2 N–H and O–H groups in total. The lowest BCUT2D eigenvalue weighted by Crippen LogP contribution is -2.51. The Bertz CT molecular complexity index is 819. The molecule has 0 saturated carbocycles. The van der Waals surface area contributed by atoms with E-state index in [1.54, 1.807) is 7.05 Å². The van der Waals surface area contributed by atoms with E-state index < -0.39 is 11.6 Å². The summed E-state index contributed by atoms with van der Waals surface area (Å²) in [6.45, 7) is 4.66. The summed E-state index contributed by atoms with van der Waals surface area (Å²) in [5.41, 5.74) is 2.59. The van der Waals surface area contributed by atoms with Gasteiger partial charge in [0.1, 0.15) is 11.6 Å². The third-order valence-corrected chi connectivity index (χ3v) is 5.34. The van der Waals surface area contributed by atoms with E-state index in [0.29, 0.717) is 0 Å². The first-order valence-corrected chi connectivity index (χ1v) is 10.1. The molecule has 156 valence electrons. The summed E-state index contributed by atoms with van der Waals surface area (Å²) in [6, 6.07) is 6.25. The van der Waals surface area contributed by atoms with Crippen LogP contribution in [0.5, 0.6) is 0 Å². The predicted octanol–water partition coefficient (Wildman–Crippen LogP) is 3.04. The maximum Gasteiger partial charge on any atom is 0.191 e. The number of hydrogen-bond donors (Lipinski definition) is 2. The molecule has 1 unspecified atom stereocenters. The largest absolute Gasteiger partial charge is 0.356 e. The molecule has 5 nitrogen and oxygen atoms in total. The Labute approximate surface area is 171 Å². The Morgan fingerprint density at radius 2 is 2.07 bits per heavy atom. The molecule has 1 aliphatic rings. The fourth-order valence-corrected chi connectivity index (χ4v) is 3.71. The van der Waals surface area contributed by atoms with Gasteiger partial charge in [0.05, 0.1) is 0 Å². The molecule has 1 aliphatic heterocycles. The van der Waals surface area contributed by atoms with E-state index in [4.69, 9.17) is 0 Å². The number of rotatable bonds is 6. The van der Waals surface area contributed by atoms with Gasteiger partial charge in [0.15, 0.2) is 5.96 Å². The number of aliphatic imine (C=N–C) groups is 1.